The summed E-state index contributed by atoms with van der Waals surface area (Å²) in [7, 11) is 0. The maximum atomic E-state index is 12.9. The van der Waals surface area contributed by atoms with Crippen molar-refractivity contribution in [2.45, 2.75) is 31.4 Å². The van der Waals surface area contributed by atoms with Gasteiger partial charge >= 0.3 is 6.09 Å². The van der Waals surface area contributed by atoms with Gasteiger partial charge in [0, 0.05) is 37.4 Å². The minimum absolute atomic E-state index is 0.0156. The number of nitrogen functional groups attached to an aromatic ring is 1. The maximum Gasteiger partial charge on any atom is 0.410 e. The molecule has 0 aliphatic carbocycles. The molecule has 0 bridgehead atoms. The molecule has 9 nitrogen and oxygen atoms in total. The van der Waals surface area contributed by atoms with Gasteiger partial charge in [-0.25, -0.2) is 14.8 Å². The summed E-state index contributed by atoms with van der Waals surface area (Å²) in [6, 6.07) is 9.50. The van der Waals surface area contributed by atoms with Gasteiger partial charge in [-0.1, -0.05) is 30.3 Å². The second kappa shape index (κ2) is 8.42. The lowest BCUT2D eigenvalue weighted by Crippen LogP contribution is -2.60. The van der Waals surface area contributed by atoms with Crippen molar-refractivity contribution in [1.29, 1.82) is 0 Å². The van der Waals surface area contributed by atoms with E-state index in [1.54, 1.807) is 6.20 Å². The van der Waals surface area contributed by atoms with E-state index >= 15 is 0 Å². The number of carbonyl (C=O) groups excluding carboxylic acids is 2. The standard InChI is InChI=1S/C22H23BrN6O3/c23-19-18-20(24)25-8-9-28(18)21(26-19)15-6-7-16-11-27(12-17(30)29(16)10-15)22(31)32-13-14-4-2-1-3-5-14/h1-5,8-9,15-16H,6-7,10-13H2,(H2,24,25)/t15-,16-/m0/s1. The molecule has 2 aliphatic rings. The molecule has 2 aliphatic heterocycles. The Bertz CT molecular complexity index is 1170. The van der Waals surface area contributed by atoms with E-state index < -0.39 is 6.09 Å². The number of anilines is 1. The number of nitrogens with two attached hydrogens (primary N) is 1. The van der Waals surface area contributed by atoms with Crippen LogP contribution in [0.5, 0.6) is 0 Å². The SMILES string of the molecule is Nc1nccn2c([C@H]3CC[C@H]4CN(C(=O)OCc5ccccc5)CC(=O)N4C3)nc(Br)c12. The normalized spacial score (nSPS) is 21.0. The number of carbonyl (C=O) groups is 2. The molecule has 2 atom stereocenters. The highest BCUT2D eigenvalue weighted by Crippen LogP contribution is 2.34. The molecule has 0 unspecified atom stereocenters. The number of ether oxygens (including phenoxy) is 1. The Labute approximate surface area is 193 Å². The number of aromatic nitrogens is 3. The number of amides is 2. The molecule has 2 fully saturated rings. The van der Waals surface area contributed by atoms with Crippen LogP contribution in [0.15, 0.2) is 47.3 Å². The molecule has 32 heavy (non-hydrogen) atoms. The Kier molecular flexibility index (Phi) is 5.46. The first-order valence-electron chi connectivity index (χ1n) is 10.5. The Hall–Kier alpha value is -3.14. The van der Waals surface area contributed by atoms with Crippen LogP contribution in [0.4, 0.5) is 10.6 Å². The van der Waals surface area contributed by atoms with Gasteiger partial charge in [-0.2, -0.15) is 0 Å². The van der Waals surface area contributed by atoms with Crippen LogP contribution in [0.1, 0.15) is 30.1 Å². The number of halogens is 1. The van der Waals surface area contributed by atoms with Crippen LogP contribution in [0.25, 0.3) is 5.52 Å². The summed E-state index contributed by atoms with van der Waals surface area (Å²) in [4.78, 5) is 37.7. The van der Waals surface area contributed by atoms with Gasteiger partial charge in [0.05, 0.1) is 0 Å². The molecular weight excluding hydrogens is 476 g/mol. The molecule has 10 heteroatoms. The second-order valence-electron chi connectivity index (χ2n) is 8.19. The summed E-state index contributed by atoms with van der Waals surface area (Å²) in [6.07, 6.45) is 4.68. The van der Waals surface area contributed by atoms with E-state index in [0.717, 1.165) is 29.7 Å². The predicted octanol–water partition coefficient (Wildman–Crippen LogP) is 2.80. The number of benzene rings is 1. The summed E-state index contributed by atoms with van der Waals surface area (Å²) < 4.78 is 8.02. The van der Waals surface area contributed by atoms with Crippen molar-refractivity contribution in [2.24, 2.45) is 0 Å². The lowest BCUT2D eigenvalue weighted by Gasteiger charge is -2.45. The van der Waals surface area contributed by atoms with Crippen LogP contribution in [-0.2, 0) is 16.1 Å². The number of rotatable bonds is 3. The van der Waals surface area contributed by atoms with Gasteiger partial charge in [0.1, 0.15) is 29.1 Å². The molecule has 5 rings (SSSR count). The number of piperidine rings is 1. The zero-order chi connectivity index (χ0) is 22.2. The molecular formula is C22H23BrN6O3. The summed E-state index contributed by atoms with van der Waals surface area (Å²) in [5.74, 6) is 1.28. The van der Waals surface area contributed by atoms with E-state index in [2.05, 4.69) is 25.9 Å². The van der Waals surface area contributed by atoms with Gasteiger partial charge in [0.25, 0.3) is 0 Å². The van der Waals surface area contributed by atoms with Gasteiger partial charge in [0.15, 0.2) is 5.82 Å². The Balaban J connectivity index is 1.26. The molecule has 2 amide bonds. The quantitative estimate of drug-likeness (QED) is 0.594. The fourth-order valence-electron chi connectivity index (χ4n) is 4.59. The van der Waals surface area contributed by atoms with Gasteiger partial charge in [0.2, 0.25) is 5.91 Å². The van der Waals surface area contributed by atoms with E-state index in [0.29, 0.717) is 23.5 Å². The molecule has 0 radical (unpaired) electrons. The fraction of sp³-hybridized carbons (Fsp3) is 0.364. The third kappa shape index (κ3) is 3.79. The zero-order valence-electron chi connectivity index (χ0n) is 17.4. The van der Waals surface area contributed by atoms with Gasteiger partial charge < -0.3 is 15.4 Å². The highest BCUT2D eigenvalue weighted by molar-refractivity contribution is 9.10. The van der Waals surface area contributed by atoms with Gasteiger partial charge in [-0.05, 0) is 34.3 Å². The minimum Gasteiger partial charge on any atom is -0.445 e. The van der Waals surface area contributed by atoms with Crippen LogP contribution in [0.2, 0.25) is 0 Å². The number of nitrogens with zero attached hydrogens (tertiary/aromatic N) is 5. The smallest absolute Gasteiger partial charge is 0.410 e. The predicted molar refractivity (Wildman–Crippen MR) is 121 cm³/mol. The van der Waals surface area contributed by atoms with Crippen molar-refractivity contribution in [3.8, 4) is 0 Å². The van der Waals surface area contributed by atoms with Gasteiger partial charge in [-0.3, -0.25) is 14.1 Å². The molecule has 4 heterocycles. The lowest BCUT2D eigenvalue weighted by atomic mass is 9.90. The van der Waals surface area contributed by atoms with Crippen molar-refractivity contribution in [1.82, 2.24) is 24.2 Å². The van der Waals surface area contributed by atoms with Crippen LogP contribution in [0.3, 0.4) is 0 Å². The van der Waals surface area contributed by atoms with Crippen molar-refractivity contribution in [2.75, 3.05) is 25.4 Å². The fourth-order valence-corrected chi connectivity index (χ4v) is 5.16. The first kappa shape index (κ1) is 20.7. The second-order valence-corrected chi connectivity index (χ2v) is 8.94. The Morgan fingerprint density at radius 3 is 2.84 bits per heavy atom. The third-order valence-electron chi connectivity index (χ3n) is 6.18. The largest absolute Gasteiger partial charge is 0.445 e. The van der Waals surface area contributed by atoms with E-state index in [-0.39, 0.29) is 31.0 Å². The molecule has 2 saturated heterocycles. The lowest BCUT2D eigenvalue weighted by molar-refractivity contribution is -0.141. The number of hydrogen-bond acceptors (Lipinski definition) is 6. The number of piperazine rings is 1. The summed E-state index contributed by atoms with van der Waals surface area (Å²) in [5.41, 5.74) is 7.67. The van der Waals surface area contributed by atoms with Crippen molar-refractivity contribution in [3.63, 3.8) is 0 Å². The van der Waals surface area contributed by atoms with Crippen molar-refractivity contribution >= 4 is 39.3 Å². The third-order valence-corrected chi connectivity index (χ3v) is 6.73. The van der Waals surface area contributed by atoms with Crippen LogP contribution in [-0.4, -0.2) is 61.8 Å². The number of fused-ring (bicyclic) bond motifs is 2. The molecule has 2 aromatic heterocycles. The van der Waals surface area contributed by atoms with Crippen molar-refractivity contribution in [3.05, 3.63) is 58.7 Å². The molecule has 1 aromatic carbocycles. The highest BCUT2D eigenvalue weighted by atomic mass is 79.9. The zero-order valence-corrected chi connectivity index (χ0v) is 18.9. The van der Waals surface area contributed by atoms with E-state index in [1.165, 1.54) is 4.90 Å². The monoisotopic (exact) mass is 498 g/mol. The number of imidazole rings is 1. The molecule has 0 spiro atoms. The molecule has 0 saturated carbocycles. The average molecular weight is 499 g/mol. The van der Waals surface area contributed by atoms with E-state index in [4.69, 9.17) is 10.5 Å². The van der Waals surface area contributed by atoms with E-state index in [1.807, 2.05) is 45.8 Å². The van der Waals surface area contributed by atoms with Crippen LogP contribution < -0.4 is 5.73 Å². The Morgan fingerprint density at radius 1 is 1.22 bits per heavy atom. The van der Waals surface area contributed by atoms with Gasteiger partial charge in [-0.15, -0.1) is 0 Å². The molecule has 3 aromatic rings. The summed E-state index contributed by atoms with van der Waals surface area (Å²) in [6.45, 7) is 1.26. The molecule has 166 valence electrons. The van der Waals surface area contributed by atoms with E-state index in [9.17, 15) is 9.59 Å². The van der Waals surface area contributed by atoms with Crippen LogP contribution >= 0.6 is 15.9 Å². The first-order valence-corrected chi connectivity index (χ1v) is 11.3. The van der Waals surface area contributed by atoms with Crippen LogP contribution in [0, 0.1) is 0 Å². The minimum atomic E-state index is -0.449. The number of hydrogen-bond donors (Lipinski definition) is 1. The molecule has 2 N–H and O–H groups in total. The topological polar surface area (TPSA) is 106 Å². The Morgan fingerprint density at radius 2 is 2.03 bits per heavy atom. The van der Waals surface area contributed by atoms with Crippen molar-refractivity contribution < 1.29 is 14.3 Å². The summed E-state index contributed by atoms with van der Waals surface area (Å²) >= 11 is 3.48. The first-order chi connectivity index (χ1) is 15.5. The average Bonchev–Trinajstić information content (AvgIpc) is 3.15. The maximum absolute atomic E-state index is 12.9. The highest BCUT2D eigenvalue weighted by Gasteiger charge is 2.40. The summed E-state index contributed by atoms with van der Waals surface area (Å²) in [5, 5.41) is 0.